The minimum atomic E-state index is -0.362. The number of para-hydroxylation sites is 1. The summed E-state index contributed by atoms with van der Waals surface area (Å²) in [5.41, 5.74) is 9.09. The molecule has 0 aliphatic rings. The molecular weight excluding hydrogens is 333 g/mol. The highest BCUT2D eigenvalue weighted by Crippen LogP contribution is 2.35. The van der Waals surface area contributed by atoms with E-state index < -0.39 is 0 Å². The summed E-state index contributed by atoms with van der Waals surface area (Å²) in [7, 11) is 0. The Morgan fingerprint density at radius 1 is 1.24 bits per heavy atom. The topological polar surface area (TPSA) is 39.2 Å². The van der Waals surface area contributed by atoms with Gasteiger partial charge in [0.05, 0.1) is 6.04 Å². The Bertz CT molecular complexity index is 797. The predicted octanol–water partition coefficient (Wildman–Crippen LogP) is 4.94. The molecular formula is C17H15BrFNO. The van der Waals surface area contributed by atoms with Gasteiger partial charge < -0.3 is 10.2 Å². The summed E-state index contributed by atoms with van der Waals surface area (Å²) in [5, 5.41) is 1.01. The Kier molecular flexibility index (Phi) is 3.83. The van der Waals surface area contributed by atoms with Crippen LogP contribution in [0.15, 0.2) is 51.4 Å². The second-order valence-corrected chi connectivity index (χ2v) is 5.79. The number of fused-ring (bicyclic) bond motifs is 1. The molecule has 1 aromatic heterocycles. The van der Waals surface area contributed by atoms with E-state index in [4.69, 9.17) is 10.2 Å². The lowest BCUT2D eigenvalue weighted by Gasteiger charge is -2.14. The molecule has 0 radical (unpaired) electrons. The third kappa shape index (κ3) is 2.49. The van der Waals surface area contributed by atoms with Crippen LogP contribution in [0.4, 0.5) is 4.39 Å². The van der Waals surface area contributed by atoms with Crippen molar-refractivity contribution in [3.63, 3.8) is 0 Å². The molecule has 4 heteroatoms. The van der Waals surface area contributed by atoms with Gasteiger partial charge in [-0.15, -0.1) is 0 Å². The first-order valence-corrected chi connectivity index (χ1v) is 7.62. The van der Waals surface area contributed by atoms with Crippen LogP contribution < -0.4 is 5.73 Å². The first-order chi connectivity index (χ1) is 10.1. The highest BCUT2D eigenvalue weighted by Gasteiger charge is 2.21. The van der Waals surface area contributed by atoms with E-state index in [-0.39, 0.29) is 11.9 Å². The normalized spacial score (nSPS) is 12.8. The minimum absolute atomic E-state index is 0.286. The maximum absolute atomic E-state index is 13.3. The standard InChI is InChI=1S/C17H15BrFNO/c1-2-14-16(12-5-3-4-6-15(12)21-14)17(20)11-8-7-10(19)9-13(11)18/h3-9,17H,2,20H2,1H3. The van der Waals surface area contributed by atoms with Crippen LogP contribution in [0.25, 0.3) is 11.0 Å². The van der Waals surface area contributed by atoms with Gasteiger partial charge in [-0.1, -0.05) is 47.1 Å². The van der Waals surface area contributed by atoms with Gasteiger partial charge in [-0.2, -0.15) is 0 Å². The van der Waals surface area contributed by atoms with Crippen molar-refractivity contribution >= 4 is 26.9 Å². The van der Waals surface area contributed by atoms with Crippen LogP contribution in [0.3, 0.4) is 0 Å². The van der Waals surface area contributed by atoms with Crippen LogP contribution in [0.1, 0.15) is 29.9 Å². The van der Waals surface area contributed by atoms with E-state index in [0.29, 0.717) is 4.47 Å². The summed E-state index contributed by atoms with van der Waals surface area (Å²) in [4.78, 5) is 0. The van der Waals surface area contributed by atoms with E-state index in [1.807, 2.05) is 31.2 Å². The van der Waals surface area contributed by atoms with Crippen LogP contribution in [0, 0.1) is 5.82 Å². The molecule has 0 fully saturated rings. The van der Waals surface area contributed by atoms with Gasteiger partial charge in [0.2, 0.25) is 0 Å². The first-order valence-electron chi connectivity index (χ1n) is 6.82. The quantitative estimate of drug-likeness (QED) is 0.728. The second kappa shape index (κ2) is 5.62. The molecule has 0 spiro atoms. The van der Waals surface area contributed by atoms with E-state index in [1.54, 1.807) is 6.07 Å². The Hall–Kier alpha value is -1.65. The maximum Gasteiger partial charge on any atom is 0.134 e. The van der Waals surface area contributed by atoms with Crippen molar-refractivity contribution in [1.82, 2.24) is 0 Å². The number of aryl methyl sites for hydroxylation is 1. The lowest BCUT2D eigenvalue weighted by molar-refractivity contribution is 0.546. The van der Waals surface area contributed by atoms with E-state index in [2.05, 4.69) is 15.9 Å². The number of furan rings is 1. The van der Waals surface area contributed by atoms with E-state index in [0.717, 1.165) is 34.3 Å². The third-order valence-corrected chi connectivity index (χ3v) is 4.33. The summed E-state index contributed by atoms with van der Waals surface area (Å²) in [6.07, 6.45) is 0.760. The number of hydrogen-bond donors (Lipinski definition) is 1. The summed E-state index contributed by atoms with van der Waals surface area (Å²) >= 11 is 3.39. The van der Waals surface area contributed by atoms with Gasteiger partial charge in [0, 0.05) is 21.8 Å². The summed E-state index contributed by atoms with van der Waals surface area (Å²) in [6, 6.07) is 12.1. The van der Waals surface area contributed by atoms with Crippen molar-refractivity contribution in [2.45, 2.75) is 19.4 Å². The molecule has 2 N–H and O–H groups in total. The summed E-state index contributed by atoms with van der Waals surface area (Å²) in [6.45, 7) is 2.04. The number of halogens is 2. The van der Waals surface area contributed by atoms with Gasteiger partial charge in [-0.05, 0) is 23.8 Å². The van der Waals surface area contributed by atoms with Gasteiger partial charge >= 0.3 is 0 Å². The molecule has 0 amide bonds. The van der Waals surface area contributed by atoms with E-state index in [1.165, 1.54) is 12.1 Å². The van der Waals surface area contributed by atoms with Gasteiger partial charge in [0.1, 0.15) is 17.2 Å². The first kappa shape index (κ1) is 14.3. The zero-order valence-corrected chi connectivity index (χ0v) is 13.2. The van der Waals surface area contributed by atoms with Crippen molar-refractivity contribution in [1.29, 1.82) is 0 Å². The molecule has 108 valence electrons. The zero-order valence-electron chi connectivity index (χ0n) is 11.6. The average Bonchev–Trinajstić information content (AvgIpc) is 2.85. The molecule has 3 rings (SSSR count). The Balaban J connectivity index is 2.18. The van der Waals surface area contributed by atoms with Crippen LogP contribution in [0.2, 0.25) is 0 Å². The lowest BCUT2D eigenvalue weighted by Crippen LogP contribution is -2.14. The molecule has 21 heavy (non-hydrogen) atoms. The number of hydrogen-bond acceptors (Lipinski definition) is 2. The second-order valence-electron chi connectivity index (χ2n) is 4.93. The fourth-order valence-electron chi connectivity index (χ4n) is 2.63. The largest absolute Gasteiger partial charge is 0.461 e. The van der Waals surface area contributed by atoms with Crippen LogP contribution >= 0.6 is 15.9 Å². The predicted molar refractivity (Wildman–Crippen MR) is 85.7 cm³/mol. The molecule has 1 heterocycles. The summed E-state index contributed by atoms with van der Waals surface area (Å²) in [5.74, 6) is 0.588. The van der Waals surface area contributed by atoms with E-state index >= 15 is 0 Å². The maximum atomic E-state index is 13.3. The molecule has 3 aromatic rings. The Morgan fingerprint density at radius 3 is 2.71 bits per heavy atom. The number of nitrogens with two attached hydrogens (primary N) is 1. The lowest BCUT2D eigenvalue weighted by atomic mass is 9.96. The van der Waals surface area contributed by atoms with Gasteiger partial charge in [0.15, 0.2) is 0 Å². The molecule has 2 aromatic carbocycles. The smallest absolute Gasteiger partial charge is 0.134 e. The highest BCUT2D eigenvalue weighted by atomic mass is 79.9. The SMILES string of the molecule is CCc1oc2ccccc2c1C(N)c1ccc(F)cc1Br. The Morgan fingerprint density at radius 2 is 2.00 bits per heavy atom. The molecule has 1 atom stereocenters. The number of rotatable bonds is 3. The van der Waals surface area contributed by atoms with Crippen LogP contribution in [-0.4, -0.2) is 0 Å². The fraction of sp³-hybridized carbons (Fsp3) is 0.176. The van der Waals surface area contributed by atoms with Gasteiger partial charge in [0.25, 0.3) is 0 Å². The molecule has 2 nitrogen and oxygen atoms in total. The average molecular weight is 348 g/mol. The number of benzene rings is 2. The van der Waals surface area contributed by atoms with E-state index in [9.17, 15) is 4.39 Å². The molecule has 0 aliphatic heterocycles. The van der Waals surface area contributed by atoms with Crippen molar-refractivity contribution in [3.8, 4) is 0 Å². The van der Waals surface area contributed by atoms with Gasteiger partial charge in [-0.3, -0.25) is 0 Å². The molecule has 0 saturated carbocycles. The fourth-order valence-corrected chi connectivity index (χ4v) is 3.23. The minimum Gasteiger partial charge on any atom is -0.461 e. The van der Waals surface area contributed by atoms with Gasteiger partial charge in [-0.25, -0.2) is 4.39 Å². The van der Waals surface area contributed by atoms with Crippen molar-refractivity contribution < 1.29 is 8.81 Å². The van der Waals surface area contributed by atoms with Crippen molar-refractivity contribution in [2.75, 3.05) is 0 Å². The molecule has 0 bridgehead atoms. The van der Waals surface area contributed by atoms with Crippen molar-refractivity contribution in [3.05, 3.63) is 69.6 Å². The van der Waals surface area contributed by atoms with Crippen molar-refractivity contribution in [2.24, 2.45) is 5.73 Å². The molecule has 0 aliphatic carbocycles. The third-order valence-electron chi connectivity index (χ3n) is 3.64. The molecule has 1 unspecified atom stereocenters. The monoisotopic (exact) mass is 347 g/mol. The Labute approximate surface area is 130 Å². The molecule has 0 saturated heterocycles. The highest BCUT2D eigenvalue weighted by molar-refractivity contribution is 9.10. The van der Waals surface area contributed by atoms with Crippen LogP contribution in [0.5, 0.6) is 0 Å². The summed E-state index contributed by atoms with van der Waals surface area (Å²) < 4.78 is 19.8. The van der Waals surface area contributed by atoms with Crippen LogP contribution in [-0.2, 0) is 6.42 Å². The zero-order chi connectivity index (χ0) is 15.0.